The molecule has 0 amide bonds. The van der Waals surface area contributed by atoms with Gasteiger partial charge in [-0.05, 0) is 25.4 Å². The fraction of sp³-hybridized carbons (Fsp3) is 0.471. The minimum absolute atomic E-state index is 0.163. The Labute approximate surface area is 150 Å². The van der Waals surface area contributed by atoms with Crippen LogP contribution in [0.4, 0.5) is 0 Å². The van der Waals surface area contributed by atoms with Crippen LogP contribution in [0.25, 0.3) is 11.0 Å². The second-order valence-corrected chi connectivity index (χ2v) is 7.15. The van der Waals surface area contributed by atoms with Gasteiger partial charge in [0.1, 0.15) is 12.4 Å². The number of imidazole rings is 1. The third-order valence-corrected chi connectivity index (χ3v) is 5.14. The third-order valence-electron chi connectivity index (χ3n) is 4.59. The van der Waals surface area contributed by atoms with Crippen LogP contribution in [-0.4, -0.2) is 57.5 Å². The number of piperazine rings is 1. The SMILES string of the molecule is CSCc1nc2ccccc2n1Cc1nc(C2CNCCN2C)no1. The number of nitrogens with zero attached hydrogens (tertiary/aromatic N) is 5. The molecule has 7 nitrogen and oxygen atoms in total. The summed E-state index contributed by atoms with van der Waals surface area (Å²) in [5.74, 6) is 3.26. The Bertz CT molecular complexity index is 860. The van der Waals surface area contributed by atoms with E-state index in [1.165, 1.54) is 0 Å². The van der Waals surface area contributed by atoms with Gasteiger partial charge >= 0.3 is 0 Å². The molecule has 3 aromatic rings. The molecule has 0 radical (unpaired) electrons. The van der Waals surface area contributed by atoms with Crippen molar-refractivity contribution >= 4 is 22.8 Å². The standard InChI is InChI=1S/C17H22N6OS/c1-22-8-7-18-9-14(22)17-20-16(24-21-17)10-23-13-6-4-3-5-12(13)19-15(23)11-25-2/h3-6,14,18H,7-11H2,1-2H3. The Balaban J connectivity index is 1.62. The van der Waals surface area contributed by atoms with Crippen molar-refractivity contribution in [1.82, 2.24) is 29.9 Å². The molecule has 1 aromatic carbocycles. The first-order chi connectivity index (χ1) is 12.3. The topological polar surface area (TPSA) is 72.0 Å². The van der Waals surface area contributed by atoms with Crippen LogP contribution in [0.5, 0.6) is 0 Å². The molecular formula is C17H22N6OS. The molecule has 0 bridgehead atoms. The van der Waals surface area contributed by atoms with Crippen LogP contribution in [0, 0.1) is 0 Å². The molecule has 8 heteroatoms. The van der Waals surface area contributed by atoms with Crippen LogP contribution in [0.1, 0.15) is 23.6 Å². The van der Waals surface area contributed by atoms with E-state index >= 15 is 0 Å². The van der Waals surface area contributed by atoms with Gasteiger partial charge in [-0.2, -0.15) is 16.7 Å². The van der Waals surface area contributed by atoms with Gasteiger partial charge in [0.25, 0.3) is 0 Å². The van der Waals surface area contributed by atoms with E-state index in [1.807, 2.05) is 18.2 Å². The number of rotatable bonds is 5. The van der Waals surface area contributed by atoms with Crippen molar-refractivity contribution in [3.05, 3.63) is 41.8 Å². The third kappa shape index (κ3) is 3.29. The van der Waals surface area contributed by atoms with E-state index in [9.17, 15) is 0 Å². The first-order valence-electron chi connectivity index (χ1n) is 8.43. The lowest BCUT2D eigenvalue weighted by atomic mass is 10.2. The van der Waals surface area contributed by atoms with E-state index in [1.54, 1.807) is 11.8 Å². The monoisotopic (exact) mass is 358 g/mol. The van der Waals surface area contributed by atoms with Crippen molar-refractivity contribution in [1.29, 1.82) is 0 Å². The summed E-state index contributed by atoms with van der Waals surface area (Å²) < 4.78 is 7.72. The minimum atomic E-state index is 0.163. The quantitative estimate of drug-likeness (QED) is 0.747. The van der Waals surface area contributed by atoms with Crippen LogP contribution in [0.15, 0.2) is 28.8 Å². The number of benzene rings is 1. The van der Waals surface area contributed by atoms with Gasteiger partial charge in [0.15, 0.2) is 5.82 Å². The molecule has 1 aliphatic heterocycles. The summed E-state index contributed by atoms with van der Waals surface area (Å²) in [5, 5.41) is 7.61. The number of nitrogens with one attached hydrogen (secondary N) is 1. The molecule has 2 aromatic heterocycles. The number of hydrogen-bond acceptors (Lipinski definition) is 7. The van der Waals surface area contributed by atoms with Crippen molar-refractivity contribution in [2.45, 2.75) is 18.3 Å². The van der Waals surface area contributed by atoms with Crippen LogP contribution in [0.2, 0.25) is 0 Å². The average molecular weight is 358 g/mol. The van der Waals surface area contributed by atoms with Gasteiger partial charge < -0.3 is 14.4 Å². The van der Waals surface area contributed by atoms with Crippen molar-refractivity contribution in [3.63, 3.8) is 0 Å². The largest absolute Gasteiger partial charge is 0.337 e. The molecule has 1 unspecified atom stereocenters. The van der Waals surface area contributed by atoms with Crippen LogP contribution < -0.4 is 5.32 Å². The average Bonchev–Trinajstić information content (AvgIpc) is 3.22. The first-order valence-corrected chi connectivity index (χ1v) is 9.82. The Morgan fingerprint density at radius 1 is 1.32 bits per heavy atom. The number of para-hydroxylation sites is 2. The summed E-state index contributed by atoms with van der Waals surface area (Å²) in [7, 11) is 2.10. The zero-order valence-corrected chi connectivity index (χ0v) is 15.3. The van der Waals surface area contributed by atoms with Gasteiger partial charge in [-0.1, -0.05) is 17.3 Å². The lowest BCUT2D eigenvalue weighted by molar-refractivity contribution is 0.190. The smallest absolute Gasteiger partial charge is 0.246 e. The Morgan fingerprint density at radius 3 is 3.04 bits per heavy atom. The molecule has 0 aliphatic carbocycles. The summed E-state index contributed by atoms with van der Waals surface area (Å²) in [6.45, 7) is 3.38. The predicted molar refractivity (Wildman–Crippen MR) is 98.6 cm³/mol. The molecule has 0 spiro atoms. The maximum absolute atomic E-state index is 5.55. The molecule has 132 valence electrons. The highest BCUT2D eigenvalue weighted by atomic mass is 32.2. The molecule has 1 saturated heterocycles. The van der Waals surface area contributed by atoms with Crippen molar-refractivity contribution in [3.8, 4) is 0 Å². The van der Waals surface area contributed by atoms with Crippen LogP contribution in [0.3, 0.4) is 0 Å². The molecule has 1 atom stereocenters. The summed E-state index contributed by atoms with van der Waals surface area (Å²) in [6, 6.07) is 8.33. The zero-order chi connectivity index (χ0) is 17.2. The minimum Gasteiger partial charge on any atom is -0.337 e. The van der Waals surface area contributed by atoms with Gasteiger partial charge in [-0.15, -0.1) is 0 Å². The lowest BCUT2D eigenvalue weighted by Crippen LogP contribution is -2.44. The highest BCUT2D eigenvalue weighted by molar-refractivity contribution is 7.97. The maximum Gasteiger partial charge on any atom is 0.246 e. The zero-order valence-electron chi connectivity index (χ0n) is 14.5. The number of hydrogen-bond donors (Lipinski definition) is 1. The summed E-state index contributed by atoms with van der Waals surface area (Å²) in [4.78, 5) is 11.7. The molecular weight excluding hydrogens is 336 g/mol. The molecule has 0 saturated carbocycles. The van der Waals surface area contributed by atoms with Crippen LogP contribution in [-0.2, 0) is 12.3 Å². The normalized spacial score (nSPS) is 18.9. The van der Waals surface area contributed by atoms with E-state index < -0.39 is 0 Å². The first kappa shape index (κ1) is 16.6. The van der Waals surface area contributed by atoms with E-state index in [4.69, 9.17) is 9.51 Å². The van der Waals surface area contributed by atoms with Crippen molar-refractivity contribution in [2.75, 3.05) is 32.9 Å². The Morgan fingerprint density at radius 2 is 2.20 bits per heavy atom. The van der Waals surface area contributed by atoms with Gasteiger partial charge in [0, 0.05) is 19.6 Å². The number of fused-ring (bicyclic) bond motifs is 1. The number of likely N-dealkylation sites (N-methyl/N-ethyl adjacent to an activating group) is 1. The second kappa shape index (κ2) is 7.15. The molecule has 25 heavy (non-hydrogen) atoms. The van der Waals surface area contributed by atoms with E-state index in [0.717, 1.165) is 48.1 Å². The number of thioether (sulfide) groups is 1. The highest BCUT2D eigenvalue weighted by Gasteiger charge is 2.25. The van der Waals surface area contributed by atoms with Crippen molar-refractivity contribution < 1.29 is 4.52 Å². The Hall–Kier alpha value is -1.90. The van der Waals surface area contributed by atoms with Gasteiger partial charge in [-0.3, -0.25) is 4.90 Å². The molecule has 4 rings (SSSR count). The maximum atomic E-state index is 5.55. The molecule has 3 heterocycles. The summed E-state index contributed by atoms with van der Waals surface area (Å²) in [5.41, 5.74) is 2.10. The van der Waals surface area contributed by atoms with Crippen molar-refractivity contribution in [2.24, 2.45) is 0 Å². The summed E-state index contributed by atoms with van der Waals surface area (Å²) >= 11 is 1.76. The van der Waals surface area contributed by atoms with E-state index in [-0.39, 0.29) is 6.04 Å². The Kier molecular flexibility index (Phi) is 4.74. The summed E-state index contributed by atoms with van der Waals surface area (Å²) in [6.07, 6.45) is 2.08. The predicted octanol–water partition coefficient (Wildman–Crippen LogP) is 1.91. The molecule has 1 N–H and O–H groups in total. The van der Waals surface area contributed by atoms with E-state index in [0.29, 0.717) is 12.4 Å². The van der Waals surface area contributed by atoms with Gasteiger partial charge in [-0.25, -0.2) is 4.98 Å². The fourth-order valence-corrected chi connectivity index (χ4v) is 3.72. The lowest BCUT2D eigenvalue weighted by Gasteiger charge is -2.30. The number of aromatic nitrogens is 4. The highest BCUT2D eigenvalue weighted by Crippen LogP contribution is 2.22. The van der Waals surface area contributed by atoms with E-state index in [2.05, 4.69) is 44.3 Å². The fourth-order valence-electron chi connectivity index (χ4n) is 3.24. The second-order valence-electron chi connectivity index (χ2n) is 6.28. The molecule has 1 fully saturated rings. The molecule has 1 aliphatic rings. The van der Waals surface area contributed by atoms with Gasteiger partial charge in [0.05, 0.1) is 22.8 Å². The van der Waals surface area contributed by atoms with Crippen LogP contribution >= 0.6 is 11.8 Å². The van der Waals surface area contributed by atoms with Gasteiger partial charge in [0.2, 0.25) is 5.89 Å².